The van der Waals surface area contributed by atoms with Gasteiger partial charge in [-0.1, -0.05) is 13.8 Å². The van der Waals surface area contributed by atoms with Crippen LogP contribution in [0.3, 0.4) is 0 Å². The standard InChI is InChI=1S/C17H24N2O4/c1-5-12-14(11(4)20)10(3)18-15(12)16(21)19-7-6-9(2)8-13(19)17(22)23/h9,13,18H,5-8H2,1-4H3,(H,22,23). The van der Waals surface area contributed by atoms with Crippen molar-refractivity contribution in [2.75, 3.05) is 6.54 Å². The van der Waals surface area contributed by atoms with E-state index in [4.69, 9.17) is 0 Å². The Morgan fingerprint density at radius 2 is 2.00 bits per heavy atom. The van der Waals surface area contributed by atoms with Gasteiger partial charge in [-0.3, -0.25) is 9.59 Å². The number of aliphatic carboxylic acids is 1. The number of carbonyl (C=O) groups is 3. The Kier molecular flexibility index (Phi) is 4.92. The lowest BCUT2D eigenvalue weighted by Gasteiger charge is -2.36. The molecule has 1 amide bonds. The molecule has 126 valence electrons. The molecule has 1 aromatic rings. The van der Waals surface area contributed by atoms with Gasteiger partial charge in [0.25, 0.3) is 5.91 Å². The molecule has 0 saturated carbocycles. The van der Waals surface area contributed by atoms with Crippen molar-refractivity contribution in [2.45, 2.75) is 53.0 Å². The van der Waals surface area contributed by atoms with Crippen LogP contribution in [0.15, 0.2) is 0 Å². The summed E-state index contributed by atoms with van der Waals surface area (Å²) >= 11 is 0. The number of likely N-dealkylation sites (tertiary alicyclic amines) is 1. The smallest absolute Gasteiger partial charge is 0.326 e. The maximum atomic E-state index is 12.9. The quantitative estimate of drug-likeness (QED) is 0.834. The number of rotatable bonds is 4. The number of aromatic amines is 1. The van der Waals surface area contributed by atoms with E-state index >= 15 is 0 Å². The molecule has 0 aromatic carbocycles. The van der Waals surface area contributed by atoms with Crippen molar-refractivity contribution in [1.82, 2.24) is 9.88 Å². The van der Waals surface area contributed by atoms with Crippen LogP contribution < -0.4 is 0 Å². The van der Waals surface area contributed by atoms with Gasteiger partial charge in [0.1, 0.15) is 11.7 Å². The molecule has 2 N–H and O–H groups in total. The number of ketones is 1. The molecule has 0 aliphatic carbocycles. The minimum absolute atomic E-state index is 0.0864. The van der Waals surface area contributed by atoms with Crippen LogP contribution in [0.1, 0.15) is 65.7 Å². The van der Waals surface area contributed by atoms with E-state index in [2.05, 4.69) is 4.98 Å². The van der Waals surface area contributed by atoms with Crippen molar-refractivity contribution in [3.63, 3.8) is 0 Å². The molecule has 2 unspecified atom stereocenters. The summed E-state index contributed by atoms with van der Waals surface area (Å²) in [7, 11) is 0. The van der Waals surface area contributed by atoms with Crippen LogP contribution in [0.25, 0.3) is 0 Å². The van der Waals surface area contributed by atoms with E-state index in [1.54, 1.807) is 6.92 Å². The summed E-state index contributed by atoms with van der Waals surface area (Å²) < 4.78 is 0. The summed E-state index contributed by atoms with van der Waals surface area (Å²) in [5.41, 5.74) is 2.25. The summed E-state index contributed by atoms with van der Waals surface area (Å²) in [6.45, 7) is 7.56. The number of carboxylic acid groups (broad SMARTS) is 1. The summed E-state index contributed by atoms with van der Waals surface area (Å²) in [6, 6.07) is -0.805. The van der Waals surface area contributed by atoms with E-state index in [1.807, 2.05) is 13.8 Å². The van der Waals surface area contributed by atoms with Crippen LogP contribution in [0.4, 0.5) is 0 Å². The summed E-state index contributed by atoms with van der Waals surface area (Å²) in [6.07, 6.45) is 1.79. The number of carbonyl (C=O) groups excluding carboxylic acids is 2. The zero-order valence-electron chi connectivity index (χ0n) is 14.1. The first kappa shape index (κ1) is 17.2. The molecule has 1 aromatic heterocycles. The number of aromatic nitrogens is 1. The fourth-order valence-electron chi connectivity index (χ4n) is 3.45. The molecule has 2 heterocycles. The molecule has 1 saturated heterocycles. The van der Waals surface area contributed by atoms with Crippen LogP contribution in [0.2, 0.25) is 0 Å². The fourth-order valence-corrected chi connectivity index (χ4v) is 3.45. The first-order valence-corrected chi connectivity index (χ1v) is 8.04. The van der Waals surface area contributed by atoms with Gasteiger partial charge in [0.05, 0.1) is 0 Å². The highest BCUT2D eigenvalue weighted by atomic mass is 16.4. The number of hydrogen-bond donors (Lipinski definition) is 2. The molecule has 6 nitrogen and oxygen atoms in total. The third-order valence-electron chi connectivity index (χ3n) is 4.62. The van der Waals surface area contributed by atoms with Crippen LogP contribution in [0.5, 0.6) is 0 Å². The second-order valence-electron chi connectivity index (χ2n) is 6.37. The second kappa shape index (κ2) is 6.56. The van der Waals surface area contributed by atoms with E-state index < -0.39 is 12.0 Å². The monoisotopic (exact) mass is 320 g/mol. The average molecular weight is 320 g/mol. The van der Waals surface area contributed by atoms with Crippen LogP contribution >= 0.6 is 0 Å². The number of H-pyrrole nitrogens is 1. The Bertz CT molecular complexity index is 647. The minimum Gasteiger partial charge on any atom is -0.480 e. The topological polar surface area (TPSA) is 90.5 Å². The SMILES string of the molecule is CCc1c(C(=O)N2CCC(C)CC2C(=O)O)[nH]c(C)c1C(C)=O. The first-order chi connectivity index (χ1) is 10.8. The van der Waals surface area contributed by atoms with Gasteiger partial charge in [0.15, 0.2) is 5.78 Å². The van der Waals surface area contributed by atoms with Crippen molar-refractivity contribution in [3.8, 4) is 0 Å². The van der Waals surface area contributed by atoms with Crippen molar-refractivity contribution in [3.05, 3.63) is 22.5 Å². The van der Waals surface area contributed by atoms with Gasteiger partial charge in [0, 0.05) is 17.8 Å². The van der Waals surface area contributed by atoms with Crippen molar-refractivity contribution >= 4 is 17.7 Å². The molecule has 0 spiro atoms. The van der Waals surface area contributed by atoms with Crippen LogP contribution in [-0.4, -0.2) is 45.2 Å². The van der Waals surface area contributed by atoms with Gasteiger partial charge in [0.2, 0.25) is 0 Å². The normalized spacial score (nSPS) is 21.3. The van der Waals surface area contributed by atoms with Crippen molar-refractivity contribution in [2.24, 2.45) is 5.92 Å². The lowest BCUT2D eigenvalue weighted by atomic mass is 9.92. The van der Waals surface area contributed by atoms with Gasteiger partial charge in [-0.2, -0.15) is 0 Å². The minimum atomic E-state index is -0.974. The number of aryl methyl sites for hydroxylation is 1. The van der Waals surface area contributed by atoms with Crippen molar-refractivity contribution in [1.29, 1.82) is 0 Å². The first-order valence-electron chi connectivity index (χ1n) is 8.04. The van der Waals surface area contributed by atoms with Crippen LogP contribution in [-0.2, 0) is 11.2 Å². The zero-order chi connectivity index (χ0) is 17.3. The highest BCUT2D eigenvalue weighted by molar-refractivity contribution is 6.03. The molecule has 23 heavy (non-hydrogen) atoms. The highest BCUT2D eigenvalue weighted by Crippen LogP contribution is 2.27. The largest absolute Gasteiger partial charge is 0.480 e. The Morgan fingerprint density at radius 1 is 1.35 bits per heavy atom. The summed E-state index contributed by atoms with van der Waals surface area (Å²) in [5, 5.41) is 9.44. The van der Waals surface area contributed by atoms with E-state index in [0.717, 1.165) is 6.42 Å². The van der Waals surface area contributed by atoms with E-state index in [1.165, 1.54) is 11.8 Å². The van der Waals surface area contributed by atoms with Gasteiger partial charge in [-0.05, 0) is 44.6 Å². The fraction of sp³-hybridized carbons (Fsp3) is 0.588. The number of nitrogens with zero attached hydrogens (tertiary/aromatic N) is 1. The van der Waals surface area contributed by atoms with E-state index in [9.17, 15) is 19.5 Å². The van der Waals surface area contributed by atoms with Gasteiger partial charge < -0.3 is 15.0 Å². The van der Waals surface area contributed by atoms with Gasteiger partial charge in [-0.15, -0.1) is 0 Å². The molecule has 2 atom stereocenters. The predicted molar refractivity (Wildman–Crippen MR) is 85.8 cm³/mol. The molecular formula is C17H24N2O4. The molecule has 0 bridgehead atoms. The second-order valence-corrected chi connectivity index (χ2v) is 6.37. The average Bonchev–Trinajstić information content (AvgIpc) is 2.83. The number of carboxylic acids is 1. The molecular weight excluding hydrogens is 296 g/mol. The molecule has 0 radical (unpaired) electrons. The predicted octanol–water partition coefficient (Wildman–Crippen LogP) is 2.41. The number of amides is 1. The van der Waals surface area contributed by atoms with Gasteiger partial charge in [-0.25, -0.2) is 4.79 Å². The Labute approximate surface area is 135 Å². The zero-order valence-corrected chi connectivity index (χ0v) is 14.1. The molecule has 2 rings (SSSR count). The Balaban J connectivity index is 2.42. The van der Waals surface area contributed by atoms with Crippen molar-refractivity contribution < 1.29 is 19.5 Å². The maximum absolute atomic E-state index is 12.9. The number of nitrogens with one attached hydrogen (secondary N) is 1. The third-order valence-corrected chi connectivity index (χ3v) is 4.62. The molecule has 1 aliphatic rings. The number of piperidine rings is 1. The summed E-state index contributed by atoms with van der Waals surface area (Å²) in [4.78, 5) is 40.7. The van der Waals surface area contributed by atoms with E-state index in [0.29, 0.717) is 41.9 Å². The molecule has 1 aliphatic heterocycles. The Hall–Kier alpha value is -2.11. The summed E-state index contributed by atoms with van der Waals surface area (Å²) in [5.74, 6) is -1.10. The van der Waals surface area contributed by atoms with Crippen LogP contribution in [0, 0.1) is 12.8 Å². The molecule has 6 heteroatoms. The maximum Gasteiger partial charge on any atom is 0.326 e. The lowest BCUT2D eigenvalue weighted by molar-refractivity contribution is -0.144. The van der Waals surface area contributed by atoms with Gasteiger partial charge >= 0.3 is 5.97 Å². The number of hydrogen-bond acceptors (Lipinski definition) is 3. The number of Topliss-reactive ketones (excluding diaryl/α,β-unsaturated/α-hetero) is 1. The molecule has 1 fully saturated rings. The van der Waals surface area contributed by atoms with E-state index in [-0.39, 0.29) is 17.6 Å². The lowest BCUT2D eigenvalue weighted by Crippen LogP contribution is -2.50. The highest BCUT2D eigenvalue weighted by Gasteiger charge is 2.37. The third kappa shape index (κ3) is 3.16. The Morgan fingerprint density at radius 3 is 2.52 bits per heavy atom.